The van der Waals surface area contributed by atoms with Gasteiger partial charge < -0.3 is 14.9 Å². The first-order valence-electron chi connectivity index (χ1n) is 9.76. The summed E-state index contributed by atoms with van der Waals surface area (Å²) in [6.45, 7) is 2.12. The SMILES string of the molecule is CCCCC[C@@H](O)CC(=O)CCc1ccc(O)c(OC2CCCC2)c1. The van der Waals surface area contributed by atoms with E-state index in [1.165, 1.54) is 12.8 Å². The van der Waals surface area contributed by atoms with E-state index in [2.05, 4.69) is 6.92 Å². The number of rotatable bonds is 11. The fraction of sp³-hybridized carbons (Fsp3) is 0.667. The highest BCUT2D eigenvalue weighted by Gasteiger charge is 2.18. The summed E-state index contributed by atoms with van der Waals surface area (Å²) in [4.78, 5) is 12.0. The molecule has 1 aromatic carbocycles. The van der Waals surface area contributed by atoms with Crippen LogP contribution in [-0.4, -0.2) is 28.2 Å². The molecule has 4 heteroatoms. The molecule has 1 atom stereocenters. The van der Waals surface area contributed by atoms with Crippen LogP contribution >= 0.6 is 0 Å². The third-order valence-electron chi connectivity index (χ3n) is 4.92. The van der Waals surface area contributed by atoms with Crippen molar-refractivity contribution in [2.24, 2.45) is 0 Å². The van der Waals surface area contributed by atoms with Crippen LogP contribution in [0.2, 0.25) is 0 Å². The number of aromatic hydroxyl groups is 1. The molecule has 0 aliphatic heterocycles. The molecule has 25 heavy (non-hydrogen) atoms. The molecular formula is C21H32O4. The predicted molar refractivity (Wildman–Crippen MR) is 99.1 cm³/mol. The number of hydrogen-bond donors (Lipinski definition) is 2. The van der Waals surface area contributed by atoms with E-state index in [9.17, 15) is 15.0 Å². The lowest BCUT2D eigenvalue weighted by molar-refractivity contribution is -0.121. The third-order valence-corrected chi connectivity index (χ3v) is 4.92. The van der Waals surface area contributed by atoms with Gasteiger partial charge in [0.1, 0.15) is 5.78 Å². The number of carbonyl (C=O) groups excluding carboxylic acids is 1. The van der Waals surface area contributed by atoms with E-state index in [0.717, 1.165) is 37.7 Å². The fourth-order valence-corrected chi connectivity index (χ4v) is 3.37. The molecule has 1 aliphatic rings. The molecule has 0 radical (unpaired) electrons. The van der Waals surface area contributed by atoms with Gasteiger partial charge in [-0.05, 0) is 56.2 Å². The number of aliphatic hydroxyl groups is 1. The summed E-state index contributed by atoms with van der Waals surface area (Å²) in [5, 5.41) is 19.9. The average Bonchev–Trinajstić information content (AvgIpc) is 3.09. The van der Waals surface area contributed by atoms with Gasteiger partial charge >= 0.3 is 0 Å². The molecule has 2 rings (SSSR count). The largest absolute Gasteiger partial charge is 0.504 e. The maximum atomic E-state index is 12.0. The number of Topliss-reactive ketones (excluding diaryl/α,β-unsaturated/α-hetero) is 1. The molecule has 4 nitrogen and oxygen atoms in total. The van der Waals surface area contributed by atoms with Gasteiger partial charge in [-0.25, -0.2) is 0 Å². The normalized spacial score (nSPS) is 16.1. The maximum Gasteiger partial charge on any atom is 0.161 e. The van der Waals surface area contributed by atoms with E-state index in [0.29, 0.717) is 25.0 Å². The molecule has 0 unspecified atom stereocenters. The number of ketones is 1. The van der Waals surface area contributed by atoms with E-state index < -0.39 is 6.10 Å². The second kappa shape index (κ2) is 10.4. The van der Waals surface area contributed by atoms with Crippen LogP contribution in [0.5, 0.6) is 11.5 Å². The van der Waals surface area contributed by atoms with Crippen LogP contribution in [0.4, 0.5) is 0 Å². The van der Waals surface area contributed by atoms with Gasteiger partial charge in [-0.15, -0.1) is 0 Å². The van der Waals surface area contributed by atoms with Crippen molar-refractivity contribution in [2.45, 2.75) is 89.8 Å². The van der Waals surface area contributed by atoms with Crippen molar-refractivity contribution in [1.82, 2.24) is 0 Å². The number of unbranched alkanes of at least 4 members (excludes halogenated alkanes) is 2. The van der Waals surface area contributed by atoms with Gasteiger partial charge in [-0.3, -0.25) is 4.79 Å². The second-order valence-electron chi connectivity index (χ2n) is 7.22. The summed E-state index contributed by atoms with van der Waals surface area (Å²) in [5.41, 5.74) is 0.986. The Labute approximate surface area is 151 Å². The van der Waals surface area contributed by atoms with E-state index in [1.54, 1.807) is 6.07 Å². The Hall–Kier alpha value is -1.55. The van der Waals surface area contributed by atoms with Crippen LogP contribution in [0.1, 0.15) is 76.7 Å². The molecule has 0 heterocycles. The monoisotopic (exact) mass is 348 g/mol. The Kier molecular flexibility index (Phi) is 8.26. The molecular weight excluding hydrogens is 316 g/mol. The molecule has 0 saturated heterocycles. The summed E-state index contributed by atoms with van der Waals surface area (Å²) >= 11 is 0. The van der Waals surface area contributed by atoms with Crippen LogP contribution < -0.4 is 4.74 Å². The molecule has 0 bridgehead atoms. The van der Waals surface area contributed by atoms with Crippen molar-refractivity contribution in [3.05, 3.63) is 23.8 Å². The number of aryl methyl sites for hydroxylation is 1. The van der Waals surface area contributed by atoms with Crippen molar-refractivity contribution in [2.75, 3.05) is 0 Å². The lowest BCUT2D eigenvalue weighted by atomic mass is 10.0. The number of aliphatic hydroxyl groups excluding tert-OH is 1. The van der Waals surface area contributed by atoms with Crippen molar-refractivity contribution in [3.8, 4) is 11.5 Å². The van der Waals surface area contributed by atoms with Crippen LogP contribution in [0.25, 0.3) is 0 Å². The first-order valence-corrected chi connectivity index (χ1v) is 9.76. The Morgan fingerprint density at radius 3 is 2.76 bits per heavy atom. The molecule has 1 aromatic rings. The van der Waals surface area contributed by atoms with E-state index in [1.807, 2.05) is 12.1 Å². The minimum atomic E-state index is -0.514. The number of phenols is 1. The van der Waals surface area contributed by atoms with Crippen LogP contribution in [0.3, 0.4) is 0 Å². The van der Waals surface area contributed by atoms with Gasteiger partial charge in [0.05, 0.1) is 12.2 Å². The number of carbonyl (C=O) groups is 1. The second-order valence-corrected chi connectivity index (χ2v) is 7.22. The summed E-state index contributed by atoms with van der Waals surface area (Å²) < 4.78 is 5.90. The predicted octanol–water partition coefficient (Wildman–Crippen LogP) is 4.55. The third kappa shape index (κ3) is 7.07. The van der Waals surface area contributed by atoms with Gasteiger partial charge in [-0.2, -0.15) is 0 Å². The Bertz CT molecular complexity index is 535. The minimum Gasteiger partial charge on any atom is -0.504 e. The standard InChI is InChI=1S/C21H32O4/c1-2-3-4-7-17(22)15-18(23)12-10-16-11-13-20(24)21(14-16)25-19-8-5-6-9-19/h11,13-14,17,19,22,24H,2-10,12,15H2,1H3/t17-/m1/s1. The topological polar surface area (TPSA) is 66.8 Å². The zero-order chi connectivity index (χ0) is 18.1. The number of hydrogen-bond acceptors (Lipinski definition) is 4. The molecule has 1 aliphatic carbocycles. The summed E-state index contributed by atoms with van der Waals surface area (Å²) in [6, 6.07) is 5.32. The highest BCUT2D eigenvalue weighted by molar-refractivity contribution is 5.79. The zero-order valence-electron chi connectivity index (χ0n) is 15.4. The Morgan fingerprint density at radius 1 is 1.28 bits per heavy atom. The van der Waals surface area contributed by atoms with Gasteiger partial charge in [0.2, 0.25) is 0 Å². The van der Waals surface area contributed by atoms with E-state index >= 15 is 0 Å². The van der Waals surface area contributed by atoms with Crippen molar-refractivity contribution < 1.29 is 19.7 Å². The quantitative estimate of drug-likeness (QED) is 0.576. The average molecular weight is 348 g/mol. The van der Waals surface area contributed by atoms with Gasteiger partial charge in [-0.1, -0.05) is 32.3 Å². The minimum absolute atomic E-state index is 0.0929. The molecule has 1 fully saturated rings. The highest BCUT2D eigenvalue weighted by atomic mass is 16.5. The van der Waals surface area contributed by atoms with Crippen molar-refractivity contribution in [1.29, 1.82) is 0 Å². The van der Waals surface area contributed by atoms with E-state index in [-0.39, 0.29) is 24.1 Å². The first-order chi connectivity index (χ1) is 12.1. The lowest BCUT2D eigenvalue weighted by Gasteiger charge is -2.15. The van der Waals surface area contributed by atoms with E-state index in [4.69, 9.17) is 4.74 Å². The molecule has 2 N–H and O–H groups in total. The van der Waals surface area contributed by atoms with Crippen LogP contribution in [0, 0.1) is 0 Å². The van der Waals surface area contributed by atoms with Gasteiger partial charge in [0.25, 0.3) is 0 Å². The molecule has 0 spiro atoms. The number of benzene rings is 1. The van der Waals surface area contributed by atoms with Crippen LogP contribution in [-0.2, 0) is 11.2 Å². The summed E-state index contributed by atoms with van der Waals surface area (Å²) in [5.74, 6) is 0.778. The number of phenolic OH excluding ortho intramolecular Hbond substituents is 1. The molecule has 1 saturated carbocycles. The van der Waals surface area contributed by atoms with Crippen molar-refractivity contribution in [3.63, 3.8) is 0 Å². The summed E-state index contributed by atoms with van der Waals surface area (Å²) in [7, 11) is 0. The molecule has 0 amide bonds. The van der Waals surface area contributed by atoms with Gasteiger partial charge in [0, 0.05) is 12.8 Å². The summed E-state index contributed by atoms with van der Waals surface area (Å²) in [6.07, 6.45) is 9.30. The Balaban J connectivity index is 1.78. The number of ether oxygens (including phenoxy) is 1. The maximum absolute atomic E-state index is 12.0. The van der Waals surface area contributed by atoms with Gasteiger partial charge in [0.15, 0.2) is 11.5 Å². The smallest absolute Gasteiger partial charge is 0.161 e. The fourth-order valence-electron chi connectivity index (χ4n) is 3.37. The zero-order valence-corrected chi connectivity index (χ0v) is 15.4. The lowest BCUT2D eigenvalue weighted by Crippen LogP contribution is -2.14. The molecule has 0 aromatic heterocycles. The Morgan fingerprint density at radius 2 is 2.04 bits per heavy atom. The van der Waals surface area contributed by atoms with Crippen molar-refractivity contribution >= 4 is 5.78 Å². The molecule has 140 valence electrons. The highest BCUT2D eigenvalue weighted by Crippen LogP contribution is 2.32. The first kappa shape index (κ1) is 19.8. The van der Waals surface area contributed by atoms with Crippen LogP contribution in [0.15, 0.2) is 18.2 Å².